The lowest BCUT2D eigenvalue weighted by Gasteiger charge is -2.23. The van der Waals surface area contributed by atoms with Crippen molar-refractivity contribution in [3.63, 3.8) is 0 Å². The number of anilines is 1. The predicted molar refractivity (Wildman–Crippen MR) is 162 cm³/mol. The van der Waals surface area contributed by atoms with Crippen LogP contribution >= 0.6 is 0 Å². The maximum Gasteiger partial charge on any atom is 0.330 e. The summed E-state index contributed by atoms with van der Waals surface area (Å²) in [6, 6.07) is 14.1. The van der Waals surface area contributed by atoms with Crippen LogP contribution in [0.25, 0.3) is 11.2 Å². The van der Waals surface area contributed by atoms with Gasteiger partial charge in [0.15, 0.2) is 5.65 Å². The summed E-state index contributed by atoms with van der Waals surface area (Å²) in [5.41, 5.74) is 3.56. The van der Waals surface area contributed by atoms with Crippen LogP contribution in [0.1, 0.15) is 64.4 Å². The molecule has 43 heavy (non-hydrogen) atoms. The van der Waals surface area contributed by atoms with Gasteiger partial charge < -0.3 is 9.88 Å². The Morgan fingerprint density at radius 1 is 1.09 bits per heavy atom. The molecule has 0 radical (unpaired) electrons. The molecule has 1 aliphatic carbocycles. The highest BCUT2D eigenvalue weighted by Gasteiger charge is 2.28. The van der Waals surface area contributed by atoms with Crippen LogP contribution in [0.4, 0.5) is 10.1 Å². The van der Waals surface area contributed by atoms with E-state index in [0.29, 0.717) is 53.0 Å². The molecule has 5 aromatic rings. The molecule has 11 heteroatoms. The van der Waals surface area contributed by atoms with Crippen molar-refractivity contribution in [1.29, 1.82) is 0 Å². The van der Waals surface area contributed by atoms with Gasteiger partial charge in [0.25, 0.3) is 11.5 Å². The lowest BCUT2D eigenvalue weighted by Crippen LogP contribution is -2.31. The van der Waals surface area contributed by atoms with Gasteiger partial charge in [0.1, 0.15) is 17.2 Å². The van der Waals surface area contributed by atoms with Gasteiger partial charge in [-0.25, -0.2) is 14.2 Å². The van der Waals surface area contributed by atoms with E-state index in [1.165, 1.54) is 10.6 Å². The first kappa shape index (κ1) is 28.3. The standard InChI is InChI=1S/C32H34FN7O3/c1-5-39(31(42)26-18(2)37-38(4)19(26)3)23-14-12-21(13-15-23)24(16-22-8-6-7-9-25(22)33)28-34-27-29(35-28)40(17-20-10-11-20)32(43)36-30(27)41/h6-9,12-15,20,24H,5,10-11,16-17H2,1-4H3,(H,34,35)(H,36,41,43). The average Bonchev–Trinajstić information content (AvgIpc) is 3.63. The molecule has 0 bridgehead atoms. The number of halogens is 1. The molecule has 1 saturated carbocycles. The van der Waals surface area contributed by atoms with E-state index in [9.17, 15) is 18.8 Å². The van der Waals surface area contributed by atoms with Crippen molar-refractivity contribution < 1.29 is 9.18 Å². The van der Waals surface area contributed by atoms with Crippen LogP contribution in [0.3, 0.4) is 0 Å². The van der Waals surface area contributed by atoms with Gasteiger partial charge in [-0.05, 0) is 75.3 Å². The lowest BCUT2D eigenvalue weighted by atomic mass is 9.91. The predicted octanol–water partition coefficient (Wildman–Crippen LogP) is 4.35. The summed E-state index contributed by atoms with van der Waals surface area (Å²) in [6.07, 6.45) is 2.33. The Hall–Kier alpha value is -4.80. The van der Waals surface area contributed by atoms with Crippen molar-refractivity contribution in [2.24, 2.45) is 13.0 Å². The first-order valence-corrected chi connectivity index (χ1v) is 14.5. The van der Waals surface area contributed by atoms with E-state index in [0.717, 1.165) is 24.1 Å². The zero-order valence-corrected chi connectivity index (χ0v) is 24.6. The summed E-state index contributed by atoms with van der Waals surface area (Å²) in [5.74, 6) is -0.0928. The number of nitrogens with one attached hydrogen (secondary N) is 2. The number of nitrogens with zero attached hydrogens (tertiary/aromatic N) is 5. The molecular formula is C32H34FN7O3. The number of imidazole rings is 1. The van der Waals surface area contributed by atoms with Crippen LogP contribution in [-0.2, 0) is 20.0 Å². The number of carbonyl (C=O) groups excluding carboxylic acids is 1. The highest BCUT2D eigenvalue weighted by molar-refractivity contribution is 6.07. The van der Waals surface area contributed by atoms with Gasteiger partial charge in [0, 0.05) is 37.4 Å². The second-order valence-electron chi connectivity index (χ2n) is 11.3. The highest BCUT2D eigenvalue weighted by Crippen LogP contribution is 2.33. The lowest BCUT2D eigenvalue weighted by molar-refractivity contribution is 0.0987. The molecule has 1 unspecified atom stereocenters. The Morgan fingerprint density at radius 2 is 1.81 bits per heavy atom. The molecule has 1 atom stereocenters. The monoisotopic (exact) mass is 583 g/mol. The quantitative estimate of drug-likeness (QED) is 0.267. The van der Waals surface area contributed by atoms with Crippen LogP contribution in [-0.4, -0.2) is 41.8 Å². The summed E-state index contributed by atoms with van der Waals surface area (Å²) in [5, 5.41) is 4.40. The van der Waals surface area contributed by atoms with Crippen LogP contribution in [0, 0.1) is 25.6 Å². The van der Waals surface area contributed by atoms with E-state index in [-0.39, 0.29) is 23.7 Å². The summed E-state index contributed by atoms with van der Waals surface area (Å²) in [4.78, 5) is 51.1. The van der Waals surface area contributed by atoms with Gasteiger partial charge in [-0.1, -0.05) is 30.3 Å². The minimum absolute atomic E-state index is 0.133. The molecule has 2 N–H and O–H groups in total. The second-order valence-corrected chi connectivity index (χ2v) is 11.3. The van der Waals surface area contributed by atoms with Gasteiger partial charge in [-0.15, -0.1) is 0 Å². The highest BCUT2D eigenvalue weighted by atomic mass is 19.1. The Morgan fingerprint density at radius 3 is 2.44 bits per heavy atom. The molecule has 2 aromatic carbocycles. The minimum atomic E-state index is -0.538. The van der Waals surface area contributed by atoms with E-state index >= 15 is 0 Å². The Kier molecular flexibility index (Phi) is 7.33. The van der Waals surface area contributed by atoms with E-state index < -0.39 is 17.2 Å². The Bertz CT molecular complexity index is 1950. The molecule has 1 aliphatic rings. The molecular weight excluding hydrogens is 549 g/mol. The number of benzene rings is 2. The zero-order chi connectivity index (χ0) is 30.4. The van der Waals surface area contributed by atoms with E-state index in [4.69, 9.17) is 4.98 Å². The molecule has 3 aromatic heterocycles. The van der Waals surface area contributed by atoms with Crippen molar-refractivity contribution in [2.75, 3.05) is 11.4 Å². The van der Waals surface area contributed by atoms with Crippen molar-refractivity contribution in [1.82, 2.24) is 29.3 Å². The summed E-state index contributed by atoms with van der Waals surface area (Å²) >= 11 is 0. The van der Waals surface area contributed by atoms with Crippen LogP contribution in [0.2, 0.25) is 0 Å². The number of hydrogen-bond donors (Lipinski definition) is 2. The normalized spacial score (nSPS) is 13.9. The van der Waals surface area contributed by atoms with Gasteiger partial charge in [0.05, 0.1) is 11.3 Å². The molecule has 222 valence electrons. The molecule has 1 fully saturated rings. The smallest absolute Gasteiger partial charge is 0.330 e. The maximum absolute atomic E-state index is 14.9. The van der Waals surface area contributed by atoms with E-state index in [2.05, 4.69) is 15.1 Å². The molecule has 1 amide bonds. The molecule has 3 heterocycles. The summed E-state index contributed by atoms with van der Waals surface area (Å²) in [7, 11) is 1.82. The van der Waals surface area contributed by atoms with Crippen molar-refractivity contribution in [3.8, 4) is 0 Å². The van der Waals surface area contributed by atoms with Crippen LogP contribution < -0.4 is 16.1 Å². The van der Waals surface area contributed by atoms with E-state index in [1.807, 2.05) is 52.1 Å². The largest absolute Gasteiger partial charge is 0.336 e. The van der Waals surface area contributed by atoms with Crippen molar-refractivity contribution in [3.05, 3.63) is 109 Å². The fraction of sp³-hybridized carbons (Fsp3) is 0.344. The van der Waals surface area contributed by atoms with Gasteiger partial charge in [-0.3, -0.25) is 23.8 Å². The topological polar surface area (TPSA) is 122 Å². The first-order chi connectivity index (χ1) is 20.7. The number of aromatic amines is 2. The number of aryl methyl sites for hydroxylation is 2. The third-order valence-electron chi connectivity index (χ3n) is 8.39. The number of hydrogen-bond acceptors (Lipinski definition) is 5. The summed E-state index contributed by atoms with van der Waals surface area (Å²) in [6.45, 7) is 6.56. The zero-order valence-electron chi connectivity index (χ0n) is 24.6. The van der Waals surface area contributed by atoms with Gasteiger partial charge >= 0.3 is 5.69 Å². The van der Waals surface area contributed by atoms with Crippen LogP contribution in [0.15, 0.2) is 58.1 Å². The molecule has 0 spiro atoms. The Labute approximate surface area is 247 Å². The first-order valence-electron chi connectivity index (χ1n) is 14.5. The summed E-state index contributed by atoms with van der Waals surface area (Å²) < 4.78 is 18.1. The SMILES string of the molecule is CCN(C(=O)c1c(C)nn(C)c1C)c1ccc(C(Cc2ccccc2F)c2nc3c([nH]2)c(=O)[nH]c(=O)n3CC2CC2)cc1. The third kappa shape index (κ3) is 5.31. The number of amides is 1. The fourth-order valence-corrected chi connectivity index (χ4v) is 5.76. The molecule has 10 nitrogen and oxygen atoms in total. The third-order valence-corrected chi connectivity index (χ3v) is 8.39. The molecule has 6 rings (SSSR count). The Balaban J connectivity index is 1.41. The second kappa shape index (κ2) is 11.1. The fourth-order valence-electron chi connectivity index (χ4n) is 5.76. The molecule has 0 aliphatic heterocycles. The number of H-pyrrole nitrogens is 2. The number of fused-ring (bicyclic) bond motifs is 1. The number of carbonyl (C=O) groups is 1. The van der Waals surface area contributed by atoms with Crippen molar-refractivity contribution in [2.45, 2.75) is 52.5 Å². The van der Waals surface area contributed by atoms with Gasteiger partial charge in [-0.2, -0.15) is 5.10 Å². The minimum Gasteiger partial charge on any atom is -0.336 e. The van der Waals surface area contributed by atoms with E-state index in [1.54, 1.807) is 27.8 Å². The molecule has 0 saturated heterocycles. The van der Waals surface area contributed by atoms with Crippen molar-refractivity contribution >= 4 is 22.8 Å². The maximum atomic E-state index is 14.9. The number of rotatable bonds is 9. The van der Waals surface area contributed by atoms with Crippen LogP contribution in [0.5, 0.6) is 0 Å². The number of aromatic nitrogens is 6. The average molecular weight is 584 g/mol. The van der Waals surface area contributed by atoms with Gasteiger partial charge in [0.2, 0.25) is 0 Å².